The third kappa shape index (κ3) is 5.56. The fourth-order valence-corrected chi connectivity index (χ4v) is 5.37. The largest absolute Gasteiger partial charge is 0.478 e. The van der Waals surface area contributed by atoms with Gasteiger partial charge in [-0.3, -0.25) is 4.57 Å². The van der Waals surface area contributed by atoms with Gasteiger partial charge in [0.25, 0.3) is 0 Å². The Morgan fingerprint density at radius 2 is 1.81 bits per heavy atom. The van der Waals surface area contributed by atoms with E-state index >= 15 is 0 Å². The van der Waals surface area contributed by atoms with Gasteiger partial charge < -0.3 is 10.2 Å². The summed E-state index contributed by atoms with van der Waals surface area (Å²) in [6.45, 7) is 5.69. The number of aromatic carboxylic acids is 1. The smallest absolute Gasteiger partial charge is 0.338 e. The Hall–Kier alpha value is -3.20. The Labute approximate surface area is 222 Å². The third-order valence-electron chi connectivity index (χ3n) is 6.26. The Balaban J connectivity index is 1.76. The molecular weight excluding hydrogens is 518 g/mol. The van der Waals surface area contributed by atoms with Crippen LogP contribution in [0.1, 0.15) is 59.6 Å². The Morgan fingerprint density at radius 3 is 2.43 bits per heavy atom. The zero-order valence-corrected chi connectivity index (χ0v) is 21.9. The molecule has 3 aromatic carbocycles. The van der Waals surface area contributed by atoms with Gasteiger partial charge in [-0.2, -0.15) is 0 Å². The minimum absolute atomic E-state index is 0.341. The van der Waals surface area contributed by atoms with Crippen LogP contribution in [0.25, 0.3) is 5.69 Å². The molecule has 37 heavy (non-hydrogen) atoms. The molecule has 2 N–H and O–H groups in total. The summed E-state index contributed by atoms with van der Waals surface area (Å²) in [6.07, 6.45) is 1.04. The van der Waals surface area contributed by atoms with Crippen molar-refractivity contribution >= 4 is 29.3 Å². The summed E-state index contributed by atoms with van der Waals surface area (Å²) < 4.78 is 29.5. The topological polar surface area (TPSA) is 75.3 Å². The molecule has 0 bridgehead atoms. The number of rotatable bonds is 8. The van der Waals surface area contributed by atoms with Crippen LogP contribution in [0.3, 0.4) is 0 Å². The van der Waals surface area contributed by atoms with E-state index in [9.17, 15) is 23.8 Å². The van der Waals surface area contributed by atoms with Crippen molar-refractivity contribution in [3.05, 3.63) is 111 Å². The van der Waals surface area contributed by atoms with Crippen molar-refractivity contribution in [3.8, 4) is 5.69 Å². The summed E-state index contributed by atoms with van der Waals surface area (Å²) in [5.74, 6) is -2.15. The number of hydrogen-bond donors (Lipinski definition) is 2. The molecule has 0 spiro atoms. The standard InChI is InChI=1S/C28H25ClF2N2O3S/c1-16(34)21-10-5-18(13-23(21)29)28(2,3)25-14-32-27(33(25)20-8-6-19(30)7-9-20)37-15-17-4-11-24(31)22(12-17)26(35)36/h4-14,16,34H,15H2,1-3H3,(H,35,36). The van der Waals surface area contributed by atoms with Crippen LogP contribution < -0.4 is 0 Å². The molecule has 9 heteroatoms. The first-order chi connectivity index (χ1) is 17.5. The molecule has 0 radical (unpaired) electrons. The van der Waals surface area contributed by atoms with Gasteiger partial charge in [0.1, 0.15) is 11.6 Å². The quantitative estimate of drug-likeness (QED) is 0.231. The van der Waals surface area contributed by atoms with Crippen molar-refractivity contribution in [1.82, 2.24) is 9.55 Å². The monoisotopic (exact) mass is 542 g/mol. The number of thioether (sulfide) groups is 1. The lowest BCUT2D eigenvalue weighted by atomic mass is 9.81. The summed E-state index contributed by atoms with van der Waals surface area (Å²) >= 11 is 7.81. The normalized spacial score (nSPS) is 12.5. The maximum Gasteiger partial charge on any atom is 0.338 e. The second-order valence-electron chi connectivity index (χ2n) is 9.18. The summed E-state index contributed by atoms with van der Waals surface area (Å²) in [7, 11) is 0. The molecule has 1 unspecified atom stereocenters. The number of imidazole rings is 1. The predicted molar refractivity (Wildman–Crippen MR) is 141 cm³/mol. The van der Waals surface area contributed by atoms with Gasteiger partial charge in [-0.15, -0.1) is 0 Å². The van der Waals surface area contributed by atoms with Gasteiger partial charge in [-0.05, 0) is 66.1 Å². The molecule has 4 rings (SSSR count). The van der Waals surface area contributed by atoms with Gasteiger partial charge in [-0.25, -0.2) is 18.6 Å². The molecule has 1 aromatic heterocycles. The first-order valence-corrected chi connectivity index (χ1v) is 12.8. The van der Waals surface area contributed by atoms with E-state index in [0.717, 1.165) is 17.3 Å². The zero-order valence-electron chi connectivity index (χ0n) is 20.4. The molecule has 0 aliphatic carbocycles. The van der Waals surface area contributed by atoms with Crippen molar-refractivity contribution < 1.29 is 23.8 Å². The van der Waals surface area contributed by atoms with Gasteiger partial charge >= 0.3 is 5.97 Å². The van der Waals surface area contributed by atoms with Crippen LogP contribution >= 0.6 is 23.4 Å². The number of aliphatic hydroxyl groups is 1. The van der Waals surface area contributed by atoms with Gasteiger partial charge in [0.15, 0.2) is 5.16 Å². The van der Waals surface area contributed by atoms with Gasteiger partial charge in [0.2, 0.25) is 0 Å². The number of aliphatic hydroxyl groups excluding tert-OH is 1. The highest BCUT2D eigenvalue weighted by molar-refractivity contribution is 7.98. The van der Waals surface area contributed by atoms with Crippen LogP contribution in [-0.2, 0) is 11.2 Å². The number of aromatic nitrogens is 2. The predicted octanol–water partition coefficient (Wildman–Crippen LogP) is 7.17. The number of hydrogen-bond acceptors (Lipinski definition) is 4. The average molecular weight is 543 g/mol. The van der Waals surface area contributed by atoms with Crippen LogP contribution in [0.2, 0.25) is 5.02 Å². The molecular formula is C28H25ClF2N2O3S. The van der Waals surface area contributed by atoms with Gasteiger partial charge in [-0.1, -0.05) is 55.4 Å². The maximum absolute atomic E-state index is 13.8. The van der Waals surface area contributed by atoms with Crippen molar-refractivity contribution in [1.29, 1.82) is 0 Å². The number of carboxylic acids is 1. The average Bonchev–Trinajstić information content (AvgIpc) is 3.28. The van der Waals surface area contributed by atoms with E-state index < -0.39 is 23.3 Å². The molecule has 0 saturated carbocycles. The van der Waals surface area contributed by atoms with Crippen molar-refractivity contribution in [2.45, 2.75) is 43.2 Å². The molecule has 0 amide bonds. The SMILES string of the molecule is CC(O)c1ccc(C(C)(C)c2cnc(SCc3ccc(F)c(C(=O)O)c3)n2-c2ccc(F)cc2)cc1Cl. The number of nitrogens with zero attached hydrogens (tertiary/aromatic N) is 2. The molecule has 0 aliphatic rings. The van der Waals surface area contributed by atoms with E-state index in [1.165, 1.54) is 36.0 Å². The molecule has 5 nitrogen and oxygen atoms in total. The van der Waals surface area contributed by atoms with E-state index in [1.807, 2.05) is 30.5 Å². The van der Waals surface area contributed by atoms with Crippen LogP contribution in [0.4, 0.5) is 8.78 Å². The number of carbonyl (C=O) groups is 1. The minimum Gasteiger partial charge on any atom is -0.478 e. The Bertz CT molecular complexity index is 1450. The van der Waals surface area contributed by atoms with E-state index in [-0.39, 0.29) is 11.4 Å². The molecule has 192 valence electrons. The molecule has 1 atom stereocenters. The lowest BCUT2D eigenvalue weighted by Crippen LogP contribution is -2.23. The van der Waals surface area contributed by atoms with Gasteiger partial charge in [0.05, 0.1) is 23.6 Å². The zero-order chi connectivity index (χ0) is 26.9. The molecule has 0 aliphatic heterocycles. The fraction of sp³-hybridized carbons (Fsp3) is 0.214. The van der Waals surface area contributed by atoms with Crippen LogP contribution in [0, 0.1) is 11.6 Å². The highest BCUT2D eigenvalue weighted by atomic mass is 35.5. The van der Waals surface area contributed by atoms with Crippen molar-refractivity contribution in [3.63, 3.8) is 0 Å². The third-order valence-corrected chi connectivity index (χ3v) is 7.61. The lowest BCUT2D eigenvalue weighted by molar-refractivity contribution is 0.0691. The maximum atomic E-state index is 13.8. The highest BCUT2D eigenvalue weighted by Crippen LogP contribution is 2.38. The Morgan fingerprint density at radius 1 is 1.11 bits per heavy atom. The number of carboxylic acid groups (broad SMARTS) is 1. The van der Waals surface area contributed by atoms with Crippen molar-refractivity contribution in [2.75, 3.05) is 0 Å². The minimum atomic E-state index is -1.33. The highest BCUT2D eigenvalue weighted by Gasteiger charge is 2.30. The lowest BCUT2D eigenvalue weighted by Gasteiger charge is -2.28. The van der Waals surface area contributed by atoms with E-state index in [0.29, 0.717) is 32.7 Å². The van der Waals surface area contributed by atoms with E-state index in [4.69, 9.17) is 11.6 Å². The first kappa shape index (κ1) is 26.9. The Kier molecular flexibility index (Phi) is 7.73. The van der Waals surface area contributed by atoms with E-state index in [2.05, 4.69) is 4.98 Å². The fourth-order valence-electron chi connectivity index (χ4n) is 4.09. The second-order valence-corrected chi connectivity index (χ2v) is 10.5. The first-order valence-electron chi connectivity index (χ1n) is 11.5. The molecule has 1 heterocycles. The second kappa shape index (κ2) is 10.7. The summed E-state index contributed by atoms with van der Waals surface area (Å²) in [4.78, 5) is 16.0. The van der Waals surface area contributed by atoms with Crippen LogP contribution in [0.15, 0.2) is 72.0 Å². The summed E-state index contributed by atoms with van der Waals surface area (Å²) in [6, 6.07) is 15.6. The molecule has 4 aromatic rings. The molecule has 0 saturated heterocycles. The van der Waals surface area contributed by atoms with E-state index in [1.54, 1.807) is 31.3 Å². The van der Waals surface area contributed by atoms with Gasteiger partial charge in [0, 0.05) is 21.9 Å². The van der Waals surface area contributed by atoms with Crippen LogP contribution in [0.5, 0.6) is 0 Å². The number of benzene rings is 3. The van der Waals surface area contributed by atoms with Crippen molar-refractivity contribution in [2.24, 2.45) is 0 Å². The summed E-state index contributed by atoms with van der Waals surface area (Å²) in [5.41, 5.74) is 2.68. The van der Waals surface area contributed by atoms with Crippen LogP contribution in [-0.4, -0.2) is 25.7 Å². The molecule has 0 fully saturated rings. The number of halogens is 3. The summed E-state index contributed by atoms with van der Waals surface area (Å²) in [5, 5.41) is 20.3.